The highest BCUT2D eigenvalue weighted by Crippen LogP contribution is 2.14. The van der Waals surface area contributed by atoms with Gasteiger partial charge in [0.05, 0.1) is 13.7 Å². The molecule has 4 rings (SSSR count). The molecule has 0 radical (unpaired) electrons. The van der Waals surface area contributed by atoms with E-state index in [-0.39, 0.29) is 24.0 Å². The van der Waals surface area contributed by atoms with Gasteiger partial charge in [0.15, 0.2) is 11.2 Å². The average Bonchev–Trinajstić information content (AvgIpc) is 3.23. The van der Waals surface area contributed by atoms with E-state index in [1.807, 2.05) is 49.4 Å². The van der Waals surface area contributed by atoms with Gasteiger partial charge in [0, 0.05) is 6.04 Å². The molecule has 1 N–H and O–H groups in total. The molecule has 9 heteroatoms. The van der Waals surface area contributed by atoms with Crippen LogP contribution in [0.4, 0.5) is 0 Å². The third kappa shape index (κ3) is 5.43. The number of carbonyl (C=O) groups is 1. The molecule has 2 aromatic heterocycles. The Bertz CT molecular complexity index is 1300. The van der Waals surface area contributed by atoms with Crippen LogP contribution in [0.15, 0.2) is 65.7 Å². The van der Waals surface area contributed by atoms with E-state index in [9.17, 15) is 9.59 Å². The highest BCUT2D eigenvalue weighted by molar-refractivity contribution is 5.76. The summed E-state index contributed by atoms with van der Waals surface area (Å²) in [6.45, 7) is 2.22. The number of carbonyl (C=O) groups excluding carboxylic acids is 1. The summed E-state index contributed by atoms with van der Waals surface area (Å²) in [7, 11) is 1.61. The van der Waals surface area contributed by atoms with E-state index in [1.54, 1.807) is 11.8 Å². The first-order valence-electron chi connectivity index (χ1n) is 10.8. The topological polar surface area (TPSA) is 104 Å². The molecule has 2 heterocycles. The summed E-state index contributed by atoms with van der Waals surface area (Å²) in [5.41, 5.74) is 2.27. The number of fused-ring (bicyclic) bond motifs is 1. The van der Waals surface area contributed by atoms with Crippen LogP contribution in [0.1, 0.15) is 24.5 Å². The molecule has 0 aliphatic rings. The lowest BCUT2D eigenvalue weighted by Crippen LogP contribution is -2.37. The lowest BCUT2D eigenvalue weighted by Gasteiger charge is -2.14. The van der Waals surface area contributed by atoms with E-state index in [0.717, 1.165) is 24.2 Å². The average molecular weight is 447 g/mol. The number of ether oxygens (including phenoxy) is 1. The van der Waals surface area contributed by atoms with Gasteiger partial charge in [0.2, 0.25) is 5.91 Å². The Balaban J connectivity index is 1.40. The monoisotopic (exact) mass is 446 g/mol. The third-order valence-electron chi connectivity index (χ3n) is 5.39. The van der Waals surface area contributed by atoms with Gasteiger partial charge in [-0.2, -0.15) is 0 Å². The van der Waals surface area contributed by atoms with Crippen LogP contribution < -0.4 is 15.6 Å². The van der Waals surface area contributed by atoms with Gasteiger partial charge in [0.1, 0.15) is 18.6 Å². The van der Waals surface area contributed by atoms with Gasteiger partial charge in [-0.05, 0) is 43.0 Å². The zero-order chi connectivity index (χ0) is 23.2. The Morgan fingerprint density at radius 2 is 1.91 bits per heavy atom. The maximum atomic E-state index is 12.8. The molecular weight excluding hydrogens is 420 g/mol. The van der Waals surface area contributed by atoms with Crippen LogP contribution in [0.2, 0.25) is 0 Å². The standard InChI is InChI=1S/C24H26N6O3/c1-17(11-12-18-7-4-3-5-8-18)26-21(31)15-29-16-25-23-22(24(29)32)27-28-30(23)14-19-9-6-10-20(13-19)33-2/h3-10,13,16-17H,11-12,14-15H2,1-2H3,(H,26,31). The Labute approximate surface area is 191 Å². The van der Waals surface area contributed by atoms with Crippen molar-refractivity contribution in [1.82, 2.24) is 29.9 Å². The van der Waals surface area contributed by atoms with Crippen molar-refractivity contribution >= 4 is 17.1 Å². The number of aryl methyl sites for hydroxylation is 1. The van der Waals surface area contributed by atoms with Crippen LogP contribution in [0.25, 0.3) is 11.2 Å². The fourth-order valence-corrected chi connectivity index (χ4v) is 3.63. The number of methoxy groups -OCH3 is 1. The van der Waals surface area contributed by atoms with Gasteiger partial charge in [-0.15, -0.1) is 5.10 Å². The summed E-state index contributed by atoms with van der Waals surface area (Å²) in [6.07, 6.45) is 3.04. The first kappa shape index (κ1) is 22.2. The highest BCUT2D eigenvalue weighted by Gasteiger charge is 2.15. The molecule has 0 aliphatic heterocycles. The summed E-state index contributed by atoms with van der Waals surface area (Å²) < 4.78 is 8.06. The maximum Gasteiger partial charge on any atom is 0.283 e. The van der Waals surface area contributed by atoms with E-state index in [2.05, 4.69) is 32.7 Å². The number of hydrogen-bond acceptors (Lipinski definition) is 6. The molecular formula is C24H26N6O3. The second-order valence-corrected chi connectivity index (χ2v) is 7.94. The van der Waals surface area contributed by atoms with Gasteiger partial charge in [-0.25, -0.2) is 9.67 Å². The molecule has 1 amide bonds. The SMILES string of the molecule is COc1cccc(Cn2nnc3c(=O)n(CC(=O)NC(C)CCc4ccccc4)cnc32)c1. The minimum Gasteiger partial charge on any atom is -0.497 e. The molecule has 9 nitrogen and oxygen atoms in total. The smallest absolute Gasteiger partial charge is 0.283 e. The number of amides is 1. The van der Waals surface area contributed by atoms with E-state index in [4.69, 9.17) is 4.74 Å². The van der Waals surface area contributed by atoms with Gasteiger partial charge < -0.3 is 10.1 Å². The fraction of sp³-hybridized carbons (Fsp3) is 0.292. The van der Waals surface area contributed by atoms with Crippen molar-refractivity contribution in [2.75, 3.05) is 7.11 Å². The molecule has 2 aromatic carbocycles. The number of aromatic nitrogens is 5. The van der Waals surface area contributed by atoms with Gasteiger partial charge in [-0.1, -0.05) is 47.7 Å². The quantitative estimate of drug-likeness (QED) is 0.423. The Hall–Kier alpha value is -4.01. The normalized spacial score (nSPS) is 11.9. The lowest BCUT2D eigenvalue weighted by molar-refractivity contribution is -0.122. The number of nitrogens with zero attached hydrogens (tertiary/aromatic N) is 5. The van der Waals surface area contributed by atoms with Gasteiger partial charge in [0.25, 0.3) is 5.56 Å². The molecule has 1 atom stereocenters. The predicted molar refractivity (Wildman–Crippen MR) is 124 cm³/mol. The second kappa shape index (κ2) is 10.1. The van der Waals surface area contributed by atoms with Crippen molar-refractivity contribution in [3.63, 3.8) is 0 Å². The highest BCUT2D eigenvalue weighted by atomic mass is 16.5. The summed E-state index contributed by atoms with van der Waals surface area (Å²) in [6, 6.07) is 17.6. The number of benzene rings is 2. The van der Waals surface area contributed by atoms with Gasteiger partial charge >= 0.3 is 0 Å². The molecule has 0 saturated carbocycles. The molecule has 0 saturated heterocycles. The van der Waals surface area contributed by atoms with Crippen molar-refractivity contribution in [3.05, 3.63) is 82.4 Å². The minimum absolute atomic E-state index is 0.0196. The van der Waals surface area contributed by atoms with Crippen LogP contribution in [-0.2, 0) is 24.3 Å². The molecule has 4 aromatic rings. The third-order valence-corrected chi connectivity index (χ3v) is 5.39. The second-order valence-electron chi connectivity index (χ2n) is 7.94. The molecule has 0 fully saturated rings. The molecule has 0 aliphatic carbocycles. The zero-order valence-corrected chi connectivity index (χ0v) is 18.6. The summed E-state index contributed by atoms with van der Waals surface area (Å²) in [5.74, 6) is 0.485. The molecule has 0 bridgehead atoms. The lowest BCUT2D eigenvalue weighted by atomic mass is 10.1. The van der Waals surface area contributed by atoms with E-state index in [1.165, 1.54) is 16.5 Å². The largest absolute Gasteiger partial charge is 0.497 e. The van der Waals surface area contributed by atoms with E-state index >= 15 is 0 Å². The van der Waals surface area contributed by atoms with E-state index < -0.39 is 5.56 Å². The molecule has 1 unspecified atom stereocenters. The van der Waals surface area contributed by atoms with Crippen LogP contribution in [0, 0.1) is 0 Å². The Morgan fingerprint density at radius 1 is 1.12 bits per heavy atom. The number of hydrogen-bond donors (Lipinski definition) is 1. The molecule has 33 heavy (non-hydrogen) atoms. The zero-order valence-electron chi connectivity index (χ0n) is 18.6. The predicted octanol–water partition coefficient (Wildman–Crippen LogP) is 2.18. The first-order chi connectivity index (χ1) is 16.0. The van der Waals surface area contributed by atoms with Crippen molar-refractivity contribution in [2.24, 2.45) is 0 Å². The summed E-state index contributed by atoms with van der Waals surface area (Å²) in [5, 5.41) is 11.0. The summed E-state index contributed by atoms with van der Waals surface area (Å²) in [4.78, 5) is 29.6. The van der Waals surface area contributed by atoms with Crippen LogP contribution in [0.3, 0.4) is 0 Å². The Kier molecular flexibility index (Phi) is 6.77. The van der Waals surface area contributed by atoms with E-state index in [0.29, 0.717) is 12.2 Å². The number of nitrogens with one attached hydrogen (secondary N) is 1. The van der Waals surface area contributed by atoms with Crippen molar-refractivity contribution < 1.29 is 9.53 Å². The Morgan fingerprint density at radius 3 is 2.70 bits per heavy atom. The first-order valence-corrected chi connectivity index (χ1v) is 10.8. The van der Waals surface area contributed by atoms with Crippen LogP contribution in [0.5, 0.6) is 5.75 Å². The van der Waals surface area contributed by atoms with Crippen molar-refractivity contribution in [3.8, 4) is 5.75 Å². The van der Waals surface area contributed by atoms with Crippen LogP contribution >= 0.6 is 0 Å². The maximum absolute atomic E-state index is 12.8. The fourth-order valence-electron chi connectivity index (χ4n) is 3.63. The van der Waals surface area contributed by atoms with Crippen molar-refractivity contribution in [2.45, 2.75) is 38.9 Å². The van der Waals surface area contributed by atoms with Gasteiger partial charge in [-0.3, -0.25) is 14.2 Å². The number of rotatable bonds is 9. The van der Waals surface area contributed by atoms with Crippen LogP contribution in [-0.4, -0.2) is 43.6 Å². The summed E-state index contributed by atoms with van der Waals surface area (Å²) >= 11 is 0. The minimum atomic E-state index is -0.399. The molecule has 0 spiro atoms. The van der Waals surface area contributed by atoms with Crippen molar-refractivity contribution in [1.29, 1.82) is 0 Å². The molecule has 170 valence electrons.